The van der Waals surface area contributed by atoms with Crippen molar-refractivity contribution in [1.82, 2.24) is 0 Å². The van der Waals surface area contributed by atoms with Crippen LogP contribution in [0.5, 0.6) is 0 Å². The number of hydrogen-bond donors (Lipinski definition) is 1. The lowest BCUT2D eigenvalue weighted by atomic mass is 9.97. The summed E-state index contributed by atoms with van der Waals surface area (Å²) in [7, 11) is 0. The first-order valence-corrected chi connectivity index (χ1v) is 13.1. The van der Waals surface area contributed by atoms with E-state index in [9.17, 15) is 28.8 Å². The second-order valence-corrected chi connectivity index (χ2v) is 9.83. The molecule has 2 aromatic carbocycles. The van der Waals surface area contributed by atoms with Gasteiger partial charge >= 0.3 is 0 Å². The van der Waals surface area contributed by atoms with Crippen molar-refractivity contribution in [1.29, 1.82) is 0 Å². The van der Waals surface area contributed by atoms with Crippen LogP contribution in [-0.2, 0) is 16.0 Å². The molecule has 7 heteroatoms. The normalized spacial score (nSPS) is 10.6. The van der Waals surface area contributed by atoms with Gasteiger partial charge in [0.25, 0.3) is 0 Å². The van der Waals surface area contributed by atoms with Gasteiger partial charge in [-0.1, -0.05) is 25.7 Å². The van der Waals surface area contributed by atoms with E-state index in [0.29, 0.717) is 46.3 Å². The molecule has 0 aliphatic heterocycles. The van der Waals surface area contributed by atoms with E-state index in [1.54, 1.807) is 30.3 Å². The second kappa shape index (κ2) is 14.9. The smallest absolute Gasteiger partial charge is 0.224 e. The number of hydrogen-bond acceptors (Lipinski definition) is 6. The van der Waals surface area contributed by atoms with Gasteiger partial charge in [0.1, 0.15) is 5.78 Å². The summed E-state index contributed by atoms with van der Waals surface area (Å²) in [5.74, 6) is -0.692. The van der Waals surface area contributed by atoms with E-state index < -0.39 is 0 Å². The van der Waals surface area contributed by atoms with E-state index in [1.807, 2.05) is 0 Å². The number of nitrogens with one attached hydrogen (secondary N) is 1. The number of unbranched alkanes of at least 4 members (excludes halogenated alkanes) is 5. The maximum Gasteiger partial charge on any atom is 0.224 e. The molecule has 2 aromatic rings. The molecule has 0 radical (unpaired) electrons. The fourth-order valence-corrected chi connectivity index (χ4v) is 4.16. The molecule has 0 fully saturated rings. The molecule has 0 saturated heterocycles. The molecule has 202 valence electrons. The van der Waals surface area contributed by atoms with Crippen molar-refractivity contribution in [3.05, 3.63) is 64.2 Å². The summed E-state index contributed by atoms with van der Waals surface area (Å²) >= 11 is 0. The van der Waals surface area contributed by atoms with Crippen LogP contribution in [0.2, 0.25) is 0 Å². The van der Waals surface area contributed by atoms with Gasteiger partial charge in [-0.15, -0.1) is 0 Å². The Morgan fingerprint density at radius 2 is 0.921 bits per heavy atom. The third kappa shape index (κ3) is 10.3. The third-order valence-electron chi connectivity index (χ3n) is 6.35. The zero-order chi connectivity index (χ0) is 28.2. The van der Waals surface area contributed by atoms with Gasteiger partial charge in [0.2, 0.25) is 5.91 Å². The van der Waals surface area contributed by atoms with Crippen molar-refractivity contribution in [3.63, 3.8) is 0 Å². The predicted octanol–water partition coefficient (Wildman–Crippen LogP) is 6.37. The summed E-state index contributed by atoms with van der Waals surface area (Å²) in [6.07, 6.45) is 6.22. The Labute approximate surface area is 224 Å². The highest BCUT2D eigenvalue weighted by Gasteiger charge is 2.12. The van der Waals surface area contributed by atoms with E-state index in [2.05, 4.69) is 5.32 Å². The first-order chi connectivity index (χ1) is 18.0. The van der Waals surface area contributed by atoms with Crippen LogP contribution in [-0.4, -0.2) is 34.8 Å². The second-order valence-electron chi connectivity index (χ2n) is 9.83. The van der Waals surface area contributed by atoms with Gasteiger partial charge < -0.3 is 5.32 Å². The summed E-state index contributed by atoms with van der Waals surface area (Å²) < 4.78 is 0. The monoisotopic (exact) mass is 519 g/mol. The average molecular weight is 520 g/mol. The van der Waals surface area contributed by atoms with Crippen LogP contribution < -0.4 is 5.32 Å². The average Bonchev–Trinajstić information content (AvgIpc) is 2.84. The maximum absolute atomic E-state index is 12.4. The van der Waals surface area contributed by atoms with Gasteiger partial charge in [0.15, 0.2) is 23.1 Å². The van der Waals surface area contributed by atoms with Crippen molar-refractivity contribution in [2.24, 2.45) is 0 Å². The van der Waals surface area contributed by atoms with Crippen molar-refractivity contribution in [2.75, 3.05) is 5.32 Å². The van der Waals surface area contributed by atoms with Gasteiger partial charge in [-0.05, 0) is 82.5 Å². The lowest BCUT2D eigenvalue weighted by Crippen LogP contribution is -2.12. The standard InChI is InChI=1S/C31H37NO6/c1-20(33)25-13-24(14-26(16-25)21(2)34)15-30(37)11-9-7-5-6-8-10-12-31(38)32-29-18-27(22(3)35)17-28(19-29)23(4)36/h13-14,16-19H,5-12,15H2,1-4H3,(H,32,38). The Balaban J connectivity index is 1.66. The van der Waals surface area contributed by atoms with Gasteiger partial charge in [-0.2, -0.15) is 0 Å². The fraction of sp³-hybridized carbons (Fsp3) is 0.419. The zero-order valence-electron chi connectivity index (χ0n) is 22.8. The lowest BCUT2D eigenvalue weighted by Gasteiger charge is -2.09. The largest absolute Gasteiger partial charge is 0.326 e. The van der Waals surface area contributed by atoms with Crippen molar-refractivity contribution < 1.29 is 28.8 Å². The molecule has 0 bridgehead atoms. The molecule has 0 atom stereocenters. The van der Waals surface area contributed by atoms with Crippen LogP contribution in [0.3, 0.4) is 0 Å². The Bertz CT molecular complexity index is 1070. The van der Waals surface area contributed by atoms with Gasteiger partial charge in [-0.3, -0.25) is 28.8 Å². The summed E-state index contributed by atoms with van der Waals surface area (Å²) in [6.45, 7) is 5.72. The number of anilines is 1. The first-order valence-electron chi connectivity index (χ1n) is 13.1. The number of Topliss-reactive ketones (excluding diaryl/α,β-unsaturated/α-hetero) is 5. The summed E-state index contributed by atoms with van der Waals surface area (Å²) in [5, 5.41) is 2.78. The maximum atomic E-state index is 12.4. The zero-order valence-corrected chi connectivity index (χ0v) is 22.8. The highest BCUT2D eigenvalue weighted by atomic mass is 16.2. The summed E-state index contributed by atoms with van der Waals surface area (Å²) in [5.41, 5.74) is 2.80. The molecule has 0 heterocycles. The molecule has 0 unspecified atom stereocenters. The molecule has 1 amide bonds. The van der Waals surface area contributed by atoms with Gasteiger partial charge in [-0.25, -0.2) is 0 Å². The highest BCUT2D eigenvalue weighted by Crippen LogP contribution is 2.18. The topological polar surface area (TPSA) is 114 Å². The minimum Gasteiger partial charge on any atom is -0.326 e. The van der Waals surface area contributed by atoms with E-state index in [-0.39, 0.29) is 41.2 Å². The van der Waals surface area contributed by atoms with E-state index in [4.69, 9.17) is 0 Å². The first kappa shape index (κ1) is 30.5. The van der Waals surface area contributed by atoms with Crippen molar-refractivity contribution in [2.45, 2.75) is 85.5 Å². The molecule has 0 aromatic heterocycles. The van der Waals surface area contributed by atoms with E-state index in [0.717, 1.165) is 38.5 Å². The highest BCUT2D eigenvalue weighted by molar-refractivity contribution is 6.03. The Hall–Kier alpha value is -3.74. The number of rotatable bonds is 16. The molecule has 1 N–H and O–H groups in total. The molecule has 0 aliphatic rings. The van der Waals surface area contributed by atoms with Crippen LogP contribution in [0.15, 0.2) is 36.4 Å². The summed E-state index contributed by atoms with van der Waals surface area (Å²) in [6, 6.07) is 9.63. The van der Waals surface area contributed by atoms with Gasteiger partial charge in [0.05, 0.1) is 0 Å². The Kier molecular flexibility index (Phi) is 11.9. The van der Waals surface area contributed by atoms with Crippen molar-refractivity contribution >= 4 is 40.5 Å². The molecule has 0 saturated carbocycles. The number of ketones is 5. The molecule has 7 nitrogen and oxygen atoms in total. The number of amides is 1. The van der Waals surface area contributed by atoms with Crippen LogP contribution in [0.25, 0.3) is 0 Å². The SMILES string of the molecule is CC(=O)c1cc(CC(=O)CCCCCCCCC(=O)Nc2cc(C(C)=O)cc(C(C)=O)c2)cc(C(C)=O)c1. The molecule has 0 spiro atoms. The van der Waals surface area contributed by atoms with Gasteiger partial charge in [0, 0.05) is 47.2 Å². The third-order valence-corrected chi connectivity index (χ3v) is 6.35. The van der Waals surface area contributed by atoms with E-state index >= 15 is 0 Å². The van der Waals surface area contributed by atoms with Crippen molar-refractivity contribution in [3.8, 4) is 0 Å². The number of carbonyl (C=O) groups excluding carboxylic acids is 6. The fourth-order valence-electron chi connectivity index (χ4n) is 4.16. The molecular formula is C31H37NO6. The molecule has 2 rings (SSSR count). The molecular weight excluding hydrogens is 482 g/mol. The lowest BCUT2D eigenvalue weighted by molar-refractivity contribution is -0.118. The molecule has 38 heavy (non-hydrogen) atoms. The predicted molar refractivity (Wildman–Crippen MR) is 147 cm³/mol. The van der Waals surface area contributed by atoms with E-state index in [1.165, 1.54) is 33.8 Å². The Morgan fingerprint density at radius 1 is 0.526 bits per heavy atom. The minimum absolute atomic E-state index is 0.0821. The summed E-state index contributed by atoms with van der Waals surface area (Å²) in [4.78, 5) is 71.5. The minimum atomic E-state index is -0.172. The number of benzene rings is 2. The number of carbonyl (C=O) groups is 6. The molecule has 0 aliphatic carbocycles. The Morgan fingerprint density at radius 3 is 1.37 bits per heavy atom. The van der Waals surface area contributed by atoms with Crippen LogP contribution in [0.4, 0.5) is 5.69 Å². The van der Waals surface area contributed by atoms with Crippen LogP contribution in [0, 0.1) is 0 Å². The quantitative estimate of drug-likeness (QED) is 0.204. The van der Waals surface area contributed by atoms with Crippen LogP contribution >= 0.6 is 0 Å². The van der Waals surface area contributed by atoms with Crippen LogP contribution in [0.1, 0.15) is 126 Å².